The molecule has 2 aromatic heterocycles. The molecule has 7 nitrogen and oxygen atoms in total. The van der Waals surface area contributed by atoms with E-state index in [9.17, 15) is 9.59 Å². The van der Waals surface area contributed by atoms with Crippen LogP contribution in [-0.4, -0.2) is 38.2 Å². The normalized spacial score (nSPS) is 17.9. The van der Waals surface area contributed by atoms with Crippen LogP contribution in [0.3, 0.4) is 0 Å². The molecule has 33 heavy (non-hydrogen) atoms. The van der Waals surface area contributed by atoms with Crippen molar-refractivity contribution in [2.45, 2.75) is 52.1 Å². The lowest BCUT2D eigenvalue weighted by atomic mass is 10.0. The molecule has 0 N–H and O–H groups in total. The van der Waals surface area contributed by atoms with Crippen molar-refractivity contribution in [2.75, 3.05) is 11.4 Å². The summed E-state index contributed by atoms with van der Waals surface area (Å²) >= 11 is 0. The van der Waals surface area contributed by atoms with E-state index < -0.39 is 0 Å². The molecule has 0 spiro atoms. The molecule has 7 heteroatoms. The Morgan fingerprint density at radius 1 is 1.09 bits per heavy atom. The number of nitrogens with zero attached hydrogens (tertiary/aromatic N) is 5. The average molecular weight is 442 g/mol. The smallest absolute Gasteiger partial charge is 0.256 e. The highest BCUT2D eigenvalue weighted by atomic mass is 16.2. The molecule has 3 aromatic rings. The van der Waals surface area contributed by atoms with Crippen LogP contribution < -0.4 is 4.90 Å². The van der Waals surface area contributed by atoms with Gasteiger partial charge in [-0.15, -0.1) is 0 Å². The van der Waals surface area contributed by atoms with Crippen LogP contribution in [0.25, 0.3) is 0 Å². The molecule has 1 saturated heterocycles. The predicted octanol–water partition coefficient (Wildman–Crippen LogP) is 3.95. The van der Waals surface area contributed by atoms with Crippen molar-refractivity contribution in [1.82, 2.24) is 19.9 Å². The second kappa shape index (κ2) is 8.73. The number of hydrogen-bond donors (Lipinski definition) is 0. The lowest BCUT2D eigenvalue weighted by molar-refractivity contribution is -0.119. The molecule has 1 atom stereocenters. The zero-order chi connectivity index (χ0) is 22.9. The van der Waals surface area contributed by atoms with Crippen LogP contribution in [0.15, 0.2) is 48.8 Å². The van der Waals surface area contributed by atoms with E-state index in [1.165, 1.54) is 5.56 Å². The first-order valence-electron chi connectivity index (χ1n) is 11.5. The number of aromatic nitrogens is 3. The number of fused-ring (bicyclic) bond motifs is 1. The number of aryl methyl sites for hydroxylation is 2. The molecule has 0 radical (unpaired) electrons. The van der Waals surface area contributed by atoms with Crippen molar-refractivity contribution < 1.29 is 9.59 Å². The Labute approximate surface area is 193 Å². The number of hydrogen-bond acceptors (Lipinski definition) is 5. The number of carbonyl (C=O) groups excluding carboxylic acids is 2. The Hall–Kier alpha value is -3.61. The van der Waals surface area contributed by atoms with E-state index in [1.54, 1.807) is 29.4 Å². The predicted molar refractivity (Wildman–Crippen MR) is 125 cm³/mol. The molecule has 0 bridgehead atoms. The quantitative estimate of drug-likeness (QED) is 0.613. The molecule has 0 unspecified atom stereocenters. The third-order valence-electron chi connectivity index (χ3n) is 6.54. The Bertz CT molecular complexity index is 1190. The summed E-state index contributed by atoms with van der Waals surface area (Å²) in [6.07, 6.45) is 6.05. The Balaban J connectivity index is 1.49. The Kier molecular flexibility index (Phi) is 5.62. The second-order valence-corrected chi connectivity index (χ2v) is 8.83. The van der Waals surface area contributed by atoms with Crippen LogP contribution in [0, 0.1) is 13.8 Å². The number of anilines is 1. The minimum Gasteiger partial charge on any atom is -0.328 e. The number of carbonyl (C=O) groups is 2. The number of benzene rings is 1. The number of likely N-dealkylation sites (tertiary alicyclic amines) is 1. The van der Waals surface area contributed by atoms with Crippen LogP contribution in [0.2, 0.25) is 0 Å². The van der Waals surface area contributed by atoms with E-state index in [0.717, 1.165) is 29.7 Å². The molecular formula is C26H27N5O2. The fraction of sp³-hybridized carbons (Fsp3) is 0.346. The van der Waals surface area contributed by atoms with Gasteiger partial charge in [0.2, 0.25) is 5.91 Å². The monoisotopic (exact) mass is 441 g/mol. The molecule has 0 aliphatic carbocycles. The maximum Gasteiger partial charge on any atom is 0.256 e. The second-order valence-electron chi connectivity index (χ2n) is 8.83. The summed E-state index contributed by atoms with van der Waals surface area (Å²) in [7, 11) is 0. The minimum atomic E-state index is -0.208. The molecule has 168 valence electrons. The third-order valence-corrected chi connectivity index (χ3v) is 6.54. The van der Waals surface area contributed by atoms with Crippen LogP contribution in [0.5, 0.6) is 0 Å². The fourth-order valence-corrected chi connectivity index (χ4v) is 4.72. The summed E-state index contributed by atoms with van der Waals surface area (Å²) in [6.45, 7) is 5.16. The highest BCUT2D eigenvalue weighted by Gasteiger charge is 2.35. The van der Waals surface area contributed by atoms with E-state index in [2.05, 4.69) is 29.2 Å². The summed E-state index contributed by atoms with van der Waals surface area (Å²) in [6, 6.07) is 11.6. The lowest BCUT2D eigenvalue weighted by Crippen LogP contribution is -2.37. The van der Waals surface area contributed by atoms with Gasteiger partial charge < -0.3 is 4.90 Å². The van der Waals surface area contributed by atoms with E-state index >= 15 is 0 Å². The van der Waals surface area contributed by atoms with Crippen LogP contribution in [-0.2, 0) is 17.8 Å². The summed E-state index contributed by atoms with van der Waals surface area (Å²) < 4.78 is 0. The zero-order valence-electron chi connectivity index (χ0n) is 19.0. The zero-order valence-corrected chi connectivity index (χ0v) is 19.0. The van der Waals surface area contributed by atoms with E-state index in [1.807, 2.05) is 18.7 Å². The maximum absolute atomic E-state index is 13.2. The molecule has 2 aliphatic rings. The van der Waals surface area contributed by atoms with Gasteiger partial charge in [-0.2, -0.15) is 0 Å². The molecule has 1 fully saturated rings. The van der Waals surface area contributed by atoms with Gasteiger partial charge in [0, 0.05) is 36.6 Å². The highest BCUT2D eigenvalue weighted by Crippen LogP contribution is 2.35. The molecule has 4 heterocycles. The van der Waals surface area contributed by atoms with E-state index in [0.29, 0.717) is 43.1 Å². The lowest BCUT2D eigenvalue weighted by Gasteiger charge is -2.31. The van der Waals surface area contributed by atoms with Crippen molar-refractivity contribution in [2.24, 2.45) is 0 Å². The van der Waals surface area contributed by atoms with Crippen molar-refractivity contribution >= 4 is 17.6 Å². The van der Waals surface area contributed by atoms with Gasteiger partial charge in [0.05, 0.1) is 18.2 Å². The third kappa shape index (κ3) is 4.11. The number of pyridine rings is 1. The summed E-state index contributed by atoms with van der Waals surface area (Å²) in [5.41, 5.74) is 4.72. The standard InChI is InChI=1S/C26H27N5O2/c1-17-7-9-19(10-8-17)16-31-23(32)12-11-21-18(2)28-24(29-25(21)31)22-6-4-14-30(22)26(33)20-5-3-13-27-15-20/h3,5,7-10,13,15,22H,4,6,11-12,14,16H2,1-2H3/t22-/m1/s1. The Morgan fingerprint density at radius 2 is 1.91 bits per heavy atom. The van der Waals surface area contributed by atoms with E-state index in [-0.39, 0.29) is 17.9 Å². The van der Waals surface area contributed by atoms with E-state index in [4.69, 9.17) is 9.97 Å². The van der Waals surface area contributed by atoms with Crippen LogP contribution >= 0.6 is 0 Å². The van der Waals surface area contributed by atoms with Gasteiger partial charge in [0.1, 0.15) is 5.82 Å². The van der Waals surface area contributed by atoms with Crippen molar-refractivity contribution in [3.8, 4) is 0 Å². The molecule has 1 aromatic carbocycles. The maximum atomic E-state index is 13.2. The van der Waals surface area contributed by atoms with Gasteiger partial charge in [0.15, 0.2) is 5.82 Å². The highest BCUT2D eigenvalue weighted by molar-refractivity contribution is 5.95. The van der Waals surface area contributed by atoms with Gasteiger partial charge in [0.25, 0.3) is 5.91 Å². The number of amides is 2. The van der Waals surface area contributed by atoms with Crippen molar-refractivity contribution in [3.63, 3.8) is 0 Å². The fourth-order valence-electron chi connectivity index (χ4n) is 4.72. The van der Waals surface area contributed by atoms with Crippen LogP contribution in [0.1, 0.15) is 63.9 Å². The first kappa shape index (κ1) is 21.2. The van der Waals surface area contributed by atoms with Gasteiger partial charge in [-0.1, -0.05) is 29.8 Å². The first-order valence-corrected chi connectivity index (χ1v) is 11.5. The van der Waals surface area contributed by atoms with Crippen molar-refractivity contribution in [3.05, 3.63) is 82.6 Å². The average Bonchev–Trinajstić information content (AvgIpc) is 3.32. The van der Waals surface area contributed by atoms with Gasteiger partial charge in [-0.3, -0.25) is 19.5 Å². The van der Waals surface area contributed by atoms with Crippen molar-refractivity contribution in [1.29, 1.82) is 0 Å². The summed E-state index contributed by atoms with van der Waals surface area (Å²) in [4.78, 5) is 43.5. The molecular weight excluding hydrogens is 414 g/mol. The van der Waals surface area contributed by atoms with Gasteiger partial charge in [-0.05, 0) is 50.8 Å². The summed E-state index contributed by atoms with van der Waals surface area (Å²) in [5, 5.41) is 0. The summed E-state index contributed by atoms with van der Waals surface area (Å²) in [5.74, 6) is 1.32. The SMILES string of the molecule is Cc1ccc(CN2C(=O)CCc3c(C)nc([C@H]4CCCN4C(=O)c4cccnc4)nc32)cc1. The molecule has 2 aliphatic heterocycles. The minimum absolute atomic E-state index is 0.0582. The first-order chi connectivity index (χ1) is 16.0. The molecule has 0 saturated carbocycles. The van der Waals surface area contributed by atoms with Crippen LogP contribution in [0.4, 0.5) is 5.82 Å². The van der Waals surface area contributed by atoms with Gasteiger partial charge in [-0.25, -0.2) is 9.97 Å². The molecule has 2 amide bonds. The number of rotatable bonds is 4. The van der Waals surface area contributed by atoms with Gasteiger partial charge >= 0.3 is 0 Å². The Morgan fingerprint density at radius 3 is 2.67 bits per heavy atom. The largest absolute Gasteiger partial charge is 0.328 e. The topological polar surface area (TPSA) is 79.3 Å². The molecule has 5 rings (SSSR count).